The summed E-state index contributed by atoms with van der Waals surface area (Å²) in [4.78, 5) is 11.1. The average Bonchev–Trinajstić information content (AvgIpc) is 2.43. The molecule has 100 valence electrons. The zero-order valence-corrected chi connectivity index (χ0v) is 10.9. The van der Waals surface area contributed by atoms with E-state index in [0.717, 1.165) is 12.1 Å². The van der Waals surface area contributed by atoms with Gasteiger partial charge in [-0.25, -0.2) is 0 Å². The first-order valence-corrected chi connectivity index (χ1v) is 6.22. The van der Waals surface area contributed by atoms with Gasteiger partial charge in [0.05, 0.1) is 13.2 Å². The molecule has 0 aliphatic rings. The van der Waals surface area contributed by atoms with Crippen molar-refractivity contribution in [1.82, 2.24) is 5.32 Å². The van der Waals surface area contributed by atoms with Crippen LogP contribution < -0.4 is 5.32 Å². The summed E-state index contributed by atoms with van der Waals surface area (Å²) in [5.41, 5.74) is 0.855. The van der Waals surface area contributed by atoms with Gasteiger partial charge >= 0.3 is 5.97 Å². The summed E-state index contributed by atoms with van der Waals surface area (Å²) in [7, 11) is 1.37. The lowest BCUT2D eigenvalue weighted by Gasteiger charge is -2.23. The zero-order chi connectivity index (χ0) is 13.4. The molecule has 4 heteroatoms. The Morgan fingerprint density at radius 3 is 2.61 bits per heavy atom. The smallest absolute Gasteiger partial charge is 0.305 e. The second kappa shape index (κ2) is 7.84. The van der Waals surface area contributed by atoms with Gasteiger partial charge in [0.2, 0.25) is 0 Å². The van der Waals surface area contributed by atoms with Crippen LogP contribution in [0, 0.1) is 0 Å². The van der Waals surface area contributed by atoms with Crippen LogP contribution in [-0.2, 0) is 9.53 Å². The Kier molecular flexibility index (Phi) is 6.39. The molecule has 0 amide bonds. The third kappa shape index (κ3) is 4.47. The lowest BCUT2D eigenvalue weighted by molar-refractivity contribution is -0.141. The first kappa shape index (κ1) is 14.7. The molecule has 18 heavy (non-hydrogen) atoms. The highest BCUT2D eigenvalue weighted by atomic mass is 16.5. The fourth-order valence-electron chi connectivity index (χ4n) is 1.89. The van der Waals surface area contributed by atoms with Gasteiger partial charge < -0.3 is 15.2 Å². The molecule has 2 N–H and O–H groups in total. The Morgan fingerprint density at radius 2 is 2.06 bits per heavy atom. The van der Waals surface area contributed by atoms with E-state index in [0.29, 0.717) is 12.8 Å². The standard InChI is InChI=1S/C14H21NO3/c1-3-15-12(9-10-13(16)18-2)14(17)11-7-5-4-6-8-11/h4-8,12,14-15,17H,3,9-10H2,1-2H3. The van der Waals surface area contributed by atoms with Gasteiger partial charge in [-0.3, -0.25) is 4.79 Å². The van der Waals surface area contributed by atoms with E-state index in [4.69, 9.17) is 0 Å². The van der Waals surface area contributed by atoms with Crippen molar-refractivity contribution < 1.29 is 14.6 Å². The molecule has 0 aliphatic carbocycles. The van der Waals surface area contributed by atoms with E-state index >= 15 is 0 Å². The minimum absolute atomic E-state index is 0.142. The molecular formula is C14H21NO3. The predicted molar refractivity (Wildman–Crippen MR) is 70.1 cm³/mol. The highest BCUT2D eigenvalue weighted by Gasteiger charge is 2.20. The number of esters is 1. The predicted octanol–water partition coefficient (Wildman–Crippen LogP) is 1.65. The topological polar surface area (TPSA) is 58.6 Å². The third-order valence-corrected chi connectivity index (χ3v) is 2.88. The van der Waals surface area contributed by atoms with Crippen LogP contribution in [0.3, 0.4) is 0 Å². The summed E-state index contributed by atoms with van der Waals surface area (Å²) in [6.45, 7) is 2.72. The number of methoxy groups -OCH3 is 1. The molecule has 2 unspecified atom stereocenters. The summed E-state index contributed by atoms with van der Waals surface area (Å²) < 4.78 is 4.62. The van der Waals surface area contributed by atoms with Crippen molar-refractivity contribution in [3.8, 4) is 0 Å². The second-order valence-corrected chi connectivity index (χ2v) is 4.13. The van der Waals surface area contributed by atoms with Crippen molar-refractivity contribution in [2.45, 2.75) is 31.9 Å². The summed E-state index contributed by atoms with van der Waals surface area (Å²) in [5.74, 6) is -0.252. The average molecular weight is 251 g/mol. The monoisotopic (exact) mass is 251 g/mol. The Labute approximate surface area is 108 Å². The number of hydrogen-bond donors (Lipinski definition) is 2. The maximum atomic E-state index is 11.1. The molecular weight excluding hydrogens is 230 g/mol. The molecule has 0 saturated heterocycles. The molecule has 0 saturated carbocycles. The van der Waals surface area contributed by atoms with Gasteiger partial charge in [-0.2, -0.15) is 0 Å². The molecule has 0 aromatic heterocycles. The van der Waals surface area contributed by atoms with Gasteiger partial charge in [0.15, 0.2) is 0 Å². The minimum atomic E-state index is -0.615. The lowest BCUT2D eigenvalue weighted by Crippen LogP contribution is -2.35. The highest BCUT2D eigenvalue weighted by Crippen LogP contribution is 2.19. The van der Waals surface area contributed by atoms with E-state index in [9.17, 15) is 9.90 Å². The van der Waals surface area contributed by atoms with Crippen LogP contribution in [0.1, 0.15) is 31.4 Å². The Balaban J connectivity index is 2.63. The van der Waals surface area contributed by atoms with Gasteiger partial charge in [-0.15, -0.1) is 0 Å². The molecule has 2 atom stereocenters. The summed E-state index contributed by atoms with van der Waals surface area (Å²) in [6.07, 6.45) is 0.241. The molecule has 0 heterocycles. The molecule has 1 aromatic rings. The SMILES string of the molecule is CCNC(CCC(=O)OC)C(O)c1ccccc1. The number of carbonyl (C=O) groups excluding carboxylic acids is 1. The quantitative estimate of drug-likeness (QED) is 0.723. The Bertz CT molecular complexity index is 353. The van der Waals surface area contributed by atoms with E-state index in [2.05, 4.69) is 10.1 Å². The summed E-state index contributed by atoms with van der Waals surface area (Å²) >= 11 is 0. The Hall–Kier alpha value is -1.39. The lowest BCUT2D eigenvalue weighted by atomic mass is 9.98. The van der Waals surface area contributed by atoms with Gasteiger partial charge in [-0.05, 0) is 18.5 Å². The van der Waals surface area contributed by atoms with Gasteiger partial charge in [0, 0.05) is 12.5 Å². The maximum Gasteiger partial charge on any atom is 0.305 e. The summed E-state index contributed by atoms with van der Waals surface area (Å²) in [6, 6.07) is 9.31. The molecule has 4 nitrogen and oxygen atoms in total. The second-order valence-electron chi connectivity index (χ2n) is 4.13. The van der Waals surface area contributed by atoms with Gasteiger partial charge in [0.25, 0.3) is 0 Å². The van der Waals surface area contributed by atoms with Crippen LogP contribution in [0.15, 0.2) is 30.3 Å². The molecule has 0 aliphatic heterocycles. The highest BCUT2D eigenvalue weighted by molar-refractivity contribution is 5.69. The van der Waals surface area contributed by atoms with E-state index in [1.54, 1.807) is 0 Å². The van der Waals surface area contributed by atoms with Gasteiger partial charge in [0.1, 0.15) is 0 Å². The van der Waals surface area contributed by atoms with E-state index in [-0.39, 0.29) is 12.0 Å². The van der Waals surface area contributed by atoms with Crippen LogP contribution in [-0.4, -0.2) is 30.8 Å². The normalized spacial score (nSPS) is 13.9. The van der Waals surface area contributed by atoms with Gasteiger partial charge in [-0.1, -0.05) is 37.3 Å². The number of likely N-dealkylation sites (N-methyl/N-ethyl adjacent to an activating group) is 1. The fourth-order valence-corrected chi connectivity index (χ4v) is 1.89. The fraction of sp³-hybridized carbons (Fsp3) is 0.500. The Morgan fingerprint density at radius 1 is 1.39 bits per heavy atom. The molecule has 1 aromatic carbocycles. The third-order valence-electron chi connectivity index (χ3n) is 2.88. The number of nitrogens with one attached hydrogen (secondary N) is 1. The number of aliphatic hydroxyl groups excluding tert-OH is 1. The summed E-state index contributed by atoms with van der Waals surface area (Å²) in [5, 5.41) is 13.5. The first-order valence-electron chi connectivity index (χ1n) is 6.22. The van der Waals surface area contributed by atoms with Crippen molar-refractivity contribution in [3.63, 3.8) is 0 Å². The maximum absolute atomic E-state index is 11.1. The van der Waals surface area contributed by atoms with Crippen LogP contribution in [0.25, 0.3) is 0 Å². The molecule has 0 spiro atoms. The number of benzene rings is 1. The number of rotatable bonds is 7. The number of carbonyl (C=O) groups is 1. The van der Waals surface area contributed by atoms with E-state index in [1.165, 1.54) is 7.11 Å². The van der Waals surface area contributed by atoms with Crippen LogP contribution in [0.2, 0.25) is 0 Å². The van der Waals surface area contributed by atoms with Crippen molar-refractivity contribution in [3.05, 3.63) is 35.9 Å². The van der Waals surface area contributed by atoms with E-state index < -0.39 is 6.10 Å². The first-order chi connectivity index (χ1) is 8.69. The van der Waals surface area contributed by atoms with Crippen molar-refractivity contribution >= 4 is 5.97 Å². The molecule has 1 rings (SSSR count). The van der Waals surface area contributed by atoms with Crippen LogP contribution >= 0.6 is 0 Å². The molecule has 0 fully saturated rings. The number of ether oxygens (including phenoxy) is 1. The molecule has 0 bridgehead atoms. The zero-order valence-electron chi connectivity index (χ0n) is 10.9. The number of hydrogen-bond acceptors (Lipinski definition) is 4. The largest absolute Gasteiger partial charge is 0.469 e. The van der Waals surface area contributed by atoms with Crippen LogP contribution in [0.5, 0.6) is 0 Å². The van der Waals surface area contributed by atoms with E-state index in [1.807, 2.05) is 37.3 Å². The van der Waals surface area contributed by atoms with Crippen molar-refractivity contribution in [2.24, 2.45) is 0 Å². The van der Waals surface area contributed by atoms with Crippen molar-refractivity contribution in [1.29, 1.82) is 0 Å². The van der Waals surface area contributed by atoms with Crippen LogP contribution in [0.4, 0.5) is 0 Å². The molecule has 0 radical (unpaired) electrons. The minimum Gasteiger partial charge on any atom is -0.469 e. The van der Waals surface area contributed by atoms with Crippen molar-refractivity contribution in [2.75, 3.05) is 13.7 Å². The number of aliphatic hydroxyl groups is 1.